The van der Waals surface area contributed by atoms with E-state index >= 15 is 0 Å². The maximum absolute atomic E-state index is 5.13. The molecule has 0 bridgehead atoms. The van der Waals surface area contributed by atoms with Gasteiger partial charge in [0.1, 0.15) is 5.01 Å². The Bertz CT molecular complexity index is 1810. The van der Waals surface area contributed by atoms with Crippen molar-refractivity contribution in [3.8, 4) is 44.7 Å². The lowest BCUT2D eigenvalue weighted by Crippen LogP contribution is -2.01. The van der Waals surface area contributed by atoms with Crippen LogP contribution in [0.5, 0.6) is 0 Å². The molecule has 2 heterocycles. The van der Waals surface area contributed by atoms with Crippen molar-refractivity contribution in [3.63, 3.8) is 0 Å². The first kappa shape index (κ1) is 21.5. The quantitative estimate of drug-likeness (QED) is 0.248. The monoisotopic (exact) mass is 492 g/mol. The highest BCUT2D eigenvalue weighted by Crippen LogP contribution is 2.40. The van der Waals surface area contributed by atoms with Crippen molar-refractivity contribution in [2.75, 3.05) is 0 Å². The summed E-state index contributed by atoms with van der Waals surface area (Å²) in [5, 5.41) is 3.19. The number of aromatic nitrogens is 4. The van der Waals surface area contributed by atoms with Gasteiger partial charge in [0, 0.05) is 16.7 Å². The topological polar surface area (TPSA) is 51.6 Å². The van der Waals surface area contributed by atoms with E-state index in [1.807, 2.05) is 78.9 Å². The Morgan fingerprint density at radius 3 is 1.59 bits per heavy atom. The van der Waals surface area contributed by atoms with Crippen LogP contribution in [-0.2, 0) is 0 Å². The second-order valence-electron chi connectivity index (χ2n) is 8.74. The average molecular weight is 493 g/mol. The smallest absolute Gasteiger partial charge is 0.166 e. The third-order valence-electron chi connectivity index (χ3n) is 6.35. The van der Waals surface area contributed by atoms with Crippen molar-refractivity contribution >= 4 is 32.3 Å². The molecule has 7 rings (SSSR count). The SMILES string of the molecule is c1ccc(-c2nc(-c3ccccc3)nc(-c3c4ccccc4cc4sc(-c5ccccc5)nc34)n2)cc1. The van der Waals surface area contributed by atoms with Crippen molar-refractivity contribution in [3.05, 3.63) is 121 Å². The van der Waals surface area contributed by atoms with Gasteiger partial charge in [-0.1, -0.05) is 115 Å². The third kappa shape index (κ3) is 3.96. The van der Waals surface area contributed by atoms with Crippen LogP contribution < -0.4 is 0 Å². The molecule has 0 saturated heterocycles. The molecule has 0 amide bonds. The van der Waals surface area contributed by atoms with E-state index in [1.165, 1.54) is 0 Å². The van der Waals surface area contributed by atoms with Gasteiger partial charge in [0.15, 0.2) is 17.5 Å². The molecule has 0 N–H and O–H groups in total. The molecule has 0 spiro atoms. The van der Waals surface area contributed by atoms with Gasteiger partial charge in [-0.05, 0) is 16.8 Å². The summed E-state index contributed by atoms with van der Waals surface area (Å²) in [7, 11) is 0. The van der Waals surface area contributed by atoms with Crippen molar-refractivity contribution in [1.29, 1.82) is 0 Å². The fourth-order valence-electron chi connectivity index (χ4n) is 4.58. The first-order valence-corrected chi connectivity index (χ1v) is 12.9. The van der Waals surface area contributed by atoms with Gasteiger partial charge in [0.05, 0.1) is 15.8 Å². The van der Waals surface area contributed by atoms with Gasteiger partial charge in [0.2, 0.25) is 0 Å². The Morgan fingerprint density at radius 2 is 0.973 bits per heavy atom. The molecule has 0 radical (unpaired) electrons. The Kier molecular flexibility index (Phi) is 5.26. The lowest BCUT2D eigenvalue weighted by Gasteiger charge is -2.11. The summed E-state index contributed by atoms with van der Waals surface area (Å²) in [6.45, 7) is 0. The molecular formula is C32H20N4S. The molecule has 0 saturated carbocycles. The average Bonchev–Trinajstić information content (AvgIpc) is 3.41. The largest absolute Gasteiger partial charge is 0.235 e. The van der Waals surface area contributed by atoms with Gasteiger partial charge >= 0.3 is 0 Å². The van der Waals surface area contributed by atoms with Gasteiger partial charge in [0.25, 0.3) is 0 Å². The summed E-state index contributed by atoms with van der Waals surface area (Å²) >= 11 is 1.69. The van der Waals surface area contributed by atoms with Crippen molar-refractivity contribution in [1.82, 2.24) is 19.9 Å². The fourth-order valence-corrected chi connectivity index (χ4v) is 5.61. The van der Waals surface area contributed by atoms with E-state index in [1.54, 1.807) is 11.3 Å². The summed E-state index contributed by atoms with van der Waals surface area (Å²) in [5.41, 5.74) is 4.84. The van der Waals surface area contributed by atoms with E-state index in [4.69, 9.17) is 19.9 Å². The number of hydrogen-bond acceptors (Lipinski definition) is 5. The Hall–Kier alpha value is -4.74. The van der Waals surface area contributed by atoms with Crippen LogP contribution in [0.3, 0.4) is 0 Å². The van der Waals surface area contributed by atoms with E-state index in [2.05, 4.69) is 42.5 Å². The summed E-state index contributed by atoms with van der Waals surface area (Å²) in [4.78, 5) is 20.1. The minimum absolute atomic E-state index is 0.624. The predicted octanol–water partition coefficient (Wildman–Crippen LogP) is 8.30. The van der Waals surface area contributed by atoms with E-state index in [9.17, 15) is 0 Å². The Labute approximate surface area is 218 Å². The van der Waals surface area contributed by atoms with Crippen LogP contribution in [0.1, 0.15) is 0 Å². The highest BCUT2D eigenvalue weighted by molar-refractivity contribution is 7.21. The highest BCUT2D eigenvalue weighted by atomic mass is 32.1. The van der Waals surface area contributed by atoms with Gasteiger partial charge in [-0.2, -0.15) is 0 Å². The molecule has 174 valence electrons. The van der Waals surface area contributed by atoms with Crippen LogP contribution in [0, 0.1) is 0 Å². The van der Waals surface area contributed by atoms with Crippen LogP contribution in [0.2, 0.25) is 0 Å². The Morgan fingerprint density at radius 1 is 0.459 bits per heavy atom. The second-order valence-corrected chi connectivity index (χ2v) is 9.77. The van der Waals surface area contributed by atoms with Crippen molar-refractivity contribution in [2.24, 2.45) is 0 Å². The number of fused-ring (bicyclic) bond motifs is 2. The molecular weight excluding hydrogens is 472 g/mol. The van der Waals surface area contributed by atoms with Crippen molar-refractivity contribution in [2.45, 2.75) is 0 Å². The summed E-state index contributed by atoms with van der Waals surface area (Å²) in [6.07, 6.45) is 0. The van der Waals surface area contributed by atoms with Crippen LogP contribution in [0.4, 0.5) is 0 Å². The van der Waals surface area contributed by atoms with Gasteiger partial charge < -0.3 is 0 Å². The molecule has 37 heavy (non-hydrogen) atoms. The van der Waals surface area contributed by atoms with Gasteiger partial charge in [-0.15, -0.1) is 11.3 Å². The summed E-state index contributed by atoms with van der Waals surface area (Å²) < 4.78 is 1.11. The van der Waals surface area contributed by atoms with E-state index in [0.717, 1.165) is 48.3 Å². The maximum atomic E-state index is 5.13. The zero-order valence-corrected chi connectivity index (χ0v) is 20.6. The lowest BCUT2D eigenvalue weighted by molar-refractivity contribution is 1.08. The van der Waals surface area contributed by atoms with Gasteiger partial charge in [-0.3, -0.25) is 0 Å². The number of nitrogens with zero attached hydrogens (tertiary/aromatic N) is 4. The minimum Gasteiger partial charge on any atom is -0.235 e. The molecule has 7 aromatic rings. The normalized spacial score (nSPS) is 11.2. The second kappa shape index (κ2) is 9.04. The molecule has 4 nitrogen and oxygen atoms in total. The van der Waals surface area contributed by atoms with Crippen LogP contribution >= 0.6 is 11.3 Å². The molecule has 0 aliphatic rings. The van der Waals surface area contributed by atoms with Crippen LogP contribution in [0.15, 0.2) is 121 Å². The molecule has 0 atom stereocenters. The number of rotatable bonds is 4. The maximum Gasteiger partial charge on any atom is 0.166 e. The molecule has 0 aliphatic carbocycles. The first-order valence-electron chi connectivity index (χ1n) is 12.1. The summed E-state index contributed by atoms with van der Waals surface area (Å²) in [6, 6.07) is 41.0. The fraction of sp³-hybridized carbons (Fsp3) is 0. The third-order valence-corrected chi connectivity index (χ3v) is 7.40. The summed E-state index contributed by atoms with van der Waals surface area (Å²) in [5.74, 6) is 1.91. The minimum atomic E-state index is 0.624. The highest BCUT2D eigenvalue weighted by Gasteiger charge is 2.20. The molecule has 0 unspecified atom stereocenters. The lowest BCUT2D eigenvalue weighted by atomic mass is 10.0. The van der Waals surface area contributed by atoms with Crippen LogP contribution in [0.25, 0.3) is 65.7 Å². The zero-order chi connectivity index (χ0) is 24.6. The molecule has 2 aromatic heterocycles. The molecule has 5 heteroatoms. The zero-order valence-electron chi connectivity index (χ0n) is 19.7. The number of thiazole rings is 1. The van der Waals surface area contributed by atoms with Crippen molar-refractivity contribution < 1.29 is 0 Å². The molecule has 0 fully saturated rings. The van der Waals surface area contributed by atoms with E-state index in [-0.39, 0.29) is 0 Å². The standard InChI is InChI=1S/C32H20N4S/c1-4-12-21(13-5-1)29-34-30(22-14-6-2-7-15-22)36-31(35-29)27-25-19-11-10-18-24(25)20-26-28(27)33-32(37-26)23-16-8-3-9-17-23/h1-20H. The molecule has 0 aliphatic heterocycles. The van der Waals surface area contributed by atoms with E-state index < -0.39 is 0 Å². The predicted molar refractivity (Wildman–Crippen MR) is 152 cm³/mol. The molecule has 5 aromatic carbocycles. The van der Waals surface area contributed by atoms with Gasteiger partial charge in [-0.25, -0.2) is 19.9 Å². The van der Waals surface area contributed by atoms with Crippen LogP contribution in [-0.4, -0.2) is 19.9 Å². The van der Waals surface area contributed by atoms with E-state index in [0.29, 0.717) is 17.5 Å². The number of benzene rings is 5. The first-order chi connectivity index (χ1) is 18.3. The number of hydrogen-bond donors (Lipinski definition) is 0. The Balaban J connectivity index is 1.55.